The zero-order chi connectivity index (χ0) is 14.5. The Bertz CT molecular complexity index is 632. The first-order valence-electron chi connectivity index (χ1n) is 6.27. The minimum absolute atomic E-state index is 0.00279. The minimum Gasteiger partial charge on any atom is -0.484 e. The van der Waals surface area contributed by atoms with Crippen molar-refractivity contribution in [3.05, 3.63) is 65.0 Å². The number of halogens is 1. The lowest BCUT2D eigenvalue weighted by molar-refractivity contribution is 0.213. The minimum atomic E-state index is -0.593. The lowest BCUT2D eigenvalue weighted by Crippen LogP contribution is -2.18. The van der Waals surface area contributed by atoms with Gasteiger partial charge in [0.1, 0.15) is 23.7 Å². The molecule has 0 heterocycles. The third-order valence-corrected chi connectivity index (χ3v) is 3.00. The van der Waals surface area contributed by atoms with Crippen LogP contribution in [0.5, 0.6) is 5.75 Å². The van der Waals surface area contributed by atoms with Crippen molar-refractivity contribution in [1.29, 1.82) is 5.26 Å². The van der Waals surface area contributed by atoms with E-state index in [1.54, 1.807) is 12.1 Å². The fourth-order valence-electron chi connectivity index (χ4n) is 1.86. The van der Waals surface area contributed by atoms with Gasteiger partial charge >= 0.3 is 0 Å². The van der Waals surface area contributed by atoms with Gasteiger partial charge in [0.05, 0.1) is 5.56 Å². The van der Waals surface area contributed by atoms with Crippen molar-refractivity contribution in [3.8, 4) is 11.8 Å². The van der Waals surface area contributed by atoms with Crippen LogP contribution >= 0.6 is 0 Å². The monoisotopic (exact) mass is 270 g/mol. The normalized spacial score (nSPS) is 11.7. The number of nitrogens with zero attached hydrogens (tertiary/aromatic N) is 1. The van der Waals surface area contributed by atoms with Gasteiger partial charge in [-0.3, -0.25) is 0 Å². The third-order valence-electron chi connectivity index (χ3n) is 3.00. The van der Waals surface area contributed by atoms with Crippen LogP contribution in [0.1, 0.15) is 22.8 Å². The summed E-state index contributed by atoms with van der Waals surface area (Å²) in [4.78, 5) is 0. The van der Waals surface area contributed by atoms with Crippen LogP contribution in [0.3, 0.4) is 0 Å². The van der Waals surface area contributed by atoms with Gasteiger partial charge < -0.3 is 10.5 Å². The Balaban J connectivity index is 2.20. The lowest BCUT2D eigenvalue weighted by Gasteiger charge is -2.18. The van der Waals surface area contributed by atoms with E-state index in [0.717, 1.165) is 11.1 Å². The summed E-state index contributed by atoms with van der Waals surface area (Å²) in [6.07, 6.45) is -0.345. The Morgan fingerprint density at radius 2 is 1.95 bits per heavy atom. The van der Waals surface area contributed by atoms with Crippen LogP contribution < -0.4 is 10.5 Å². The van der Waals surface area contributed by atoms with Crippen LogP contribution in [0.4, 0.5) is 4.39 Å². The molecule has 0 saturated heterocycles. The molecule has 0 bridgehead atoms. The first-order valence-corrected chi connectivity index (χ1v) is 6.27. The van der Waals surface area contributed by atoms with Crippen LogP contribution in [0, 0.1) is 24.1 Å². The summed E-state index contributed by atoms with van der Waals surface area (Å²) >= 11 is 0. The van der Waals surface area contributed by atoms with Crippen molar-refractivity contribution in [3.63, 3.8) is 0 Å². The maximum Gasteiger partial charge on any atom is 0.144 e. The molecule has 20 heavy (non-hydrogen) atoms. The summed E-state index contributed by atoms with van der Waals surface area (Å²) in [6, 6.07) is 13.8. The number of nitrogens with two attached hydrogens (primary N) is 1. The van der Waals surface area contributed by atoms with E-state index in [-0.39, 0.29) is 18.2 Å². The van der Waals surface area contributed by atoms with Gasteiger partial charge in [-0.25, -0.2) is 4.39 Å². The SMILES string of the molecule is Cc1ccc(C(CN)Oc2ccc(C#N)c(F)c2)cc1. The number of hydrogen-bond donors (Lipinski definition) is 1. The van der Waals surface area contributed by atoms with Gasteiger partial charge in [-0.05, 0) is 24.6 Å². The summed E-state index contributed by atoms with van der Waals surface area (Å²) < 4.78 is 19.2. The average molecular weight is 270 g/mol. The molecule has 0 aliphatic carbocycles. The molecule has 1 atom stereocenters. The summed E-state index contributed by atoms with van der Waals surface area (Å²) in [7, 11) is 0. The predicted molar refractivity (Wildman–Crippen MR) is 74.7 cm³/mol. The molecule has 2 aromatic carbocycles. The first kappa shape index (κ1) is 14.0. The van der Waals surface area contributed by atoms with Crippen LogP contribution in [0.2, 0.25) is 0 Å². The number of ether oxygens (including phenoxy) is 1. The van der Waals surface area contributed by atoms with E-state index in [1.807, 2.05) is 31.2 Å². The van der Waals surface area contributed by atoms with Crippen molar-refractivity contribution >= 4 is 0 Å². The van der Waals surface area contributed by atoms with Gasteiger partial charge in [-0.2, -0.15) is 5.26 Å². The summed E-state index contributed by atoms with van der Waals surface area (Å²) in [5, 5.41) is 8.69. The molecule has 102 valence electrons. The molecule has 1 unspecified atom stereocenters. The molecule has 2 N–H and O–H groups in total. The average Bonchev–Trinajstić information content (AvgIpc) is 2.46. The van der Waals surface area contributed by atoms with Crippen LogP contribution in [-0.4, -0.2) is 6.54 Å². The summed E-state index contributed by atoms with van der Waals surface area (Å²) in [6.45, 7) is 2.28. The molecule has 0 radical (unpaired) electrons. The van der Waals surface area contributed by atoms with Crippen molar-refractivity contribution in [2.24, 2.45) is 5.73 Å². The standard InChI is InChI=1S/C16H15FN2O/c1-11-2-4-12(5-3-11)16(10-19)20-14-7-6-13(9-18)15(17)8-14/h2-8,16H,10,19H2,1H3. The number of hydrogen-bond acceptors (Lipinski definition) is 3. The zero-order valence-electron chi connectivity index (χ0n) is 11.1. The Morgan fingerprint density at radius 3 is 2.50 bits per heavy atom. The third kappa shape index (κ3) is 3.14. The Labute approximate surface area is 117 Å². The fraction of sp³-hybridized carbons (Fsp3) is 0.188. The fourth-order valence-corrected chi connectivity index (χ4v) is 1.86. The van der Waals surface area contributed by atoms with E-state index in [4.69, 9.17) is 15.7 Å². The van der Waals surface area contributed by atoms with Crippen LogP contribution in [0.25, 0.3) is 0 Å². The molecule has 4 heteroatoms. The number of benzene rings is 2. The Kier molecular flexibility index (Phi) is 4.34. The van der Waals surface area contributed by atoms with Gasteiger partial charge in [0.2, 0.25) is 0 Å². The van der Waals surface area contributed by atoms with Crippen molar-refractivity contribution in [2.45, 2.75) is 13.0 Å². The second-order valence-corrected chi connectivity index (χ2v) is 4.51. The maximum atomic E-state index is 13.5. The predicted octanol–water partition coefficient (Wildman–Crippen LogP) is 3.08. The number of nitriles is 1. The highest BCUT2D eigenvalue weighted by Gasteiger charge is 2.12. The highest BCUT2D eigenvalue weighted by molar-refractivity contribution is 5.36. The van der Waals surface area contributed by atoms with E-state index in [9.17, 15) is 4.39 Å². The molecule has 3 nitrogen and oxygen atoms in total. The van der Waals surface area contributed by atoms with Gasteiger partial charge in [0, 0.05) is 12.6 Å². The summed E-state index contributed by atoms with van der Waals surface area (Å²) in [5.74, 6) is -0.234. The van der Waals surface area contributed by atoms with Crippen LogP contribution in [0.15, 0.2) is 42.5 Å². The Morgan fingerprint density at radius 1 is 1.25 bits per heavy atom. The molecular weight excluding hydrogens is 255 g/mol. The number of aryl methyl sites for hydroxylation is 1. The second kappa shape index (κ2) is 6.18. The molecule has 2 rings (SSSR count). The second-order valence-electron chi connectivity index (χ2n) is 4.51. The molecule has 0 aromatic heterocycles. The number of rotatable bonds is 4. The maximum absolute atomic E-state index is 13.5. The van der Waals surface area contributed by atoms with Gasteiger partial charge in [0.15, 0.2) is 0 Å². The zero-order valence-corrected chi connectivity index (χ0v) is 11.1. The van der Waals surface area contributed by atoms with Crippen molar-refractivity contribution in [1.82, 2.24) is 0 Å². The van der Waals surface area contributed by atoms with E-state index in [1.165, 1.54) is 12.1 Å². The van der Waals surface area contributed by atoms with Gasteiger partial charge in [-0.15, -0.1) is 0 Å². The highest BCUT2D eigenvalue weighted by atomic mass is 19.1. The molecule has 0 spiro atoms. The van der Waals surface area contributed by atoms with Crippen LogP contribution in [-0.2, 0) is 0 Å². The molecule has 0 fully saturated rings. The smallest absolute Gasteiger partial charge is 0.144 e. The molecular formula is C16H15FN2O. The van der Waals surface area contributed by atoms with E-state index >= 15 is 0 Å². The van der Waals surface area contributed by atoms with E-state index in [2.05, 4.69) is 0 Å². The first-order chi connectivity index (χ1) is 9.63. The highest BCUT2D eigenvalue weighted by Crippen LogP contribution is 2.23. The molecule has 0 saturated carbocycles. The Hall–Kier alpha value is -2.38. The van der Waals surface area contributed by atoms with Crippen molar-refractivity contribution in [2.75, 3.05) is 6.54 Å². The molecule has 0 aliphatic heterocycles. The molecule has 0 aliphatic rings. The molecule has 2 aromatic rings. The van der Waals surface area contributed by atoms with Gasteiger partial charge in [-0.1, -0.05) is 29.8 Å². The lowest BCUT2D eigenvalue weighted by atomic mass is 10.1. The quantitative estimate of drug-likeness (QED) is 0.928. The van der Waals surface area contributed by atoms with E-state index in [0.29, 0.717) is 5.75 Å². The van der Waals surface area contributed by atoms with Gasteiger partial charge in [0.25, 0.3) is 0 Å². The van der Waals surface area contributed by atoms with Crippen molar-refractivity contribution < 1.29 is 9.13 Å². The summed E-state index contributed by atoms with van der Waals surface area (Å²) in [5.41, 5.74) is 7.79. The molecule has 0 amide bonds. The van der Waals surface area contributed by atoms with E-state index < -0.39 is 5.82 Å². The topological polar surface area (TPSA) is 59.0 Å². The largest absolute Gasteiger partial charge is 0.484 e.